The molecule has 0 aliphatic heterocycles. The molecule has 0 aliphatic carbocycles. The molecule has 1 rings (SSSR count). The van der Waals surface area contributed by atoms with Crippen LogP contribution in [-0.2, 0) is 15.3 Å². The van der Waals surface area contributed by atoms with Crippen molar-refractivity contribution >= 4 is 23.6 Å². The van der Waals surface area contributed by atoms with E-state index in [1.54, 1.807) is 25.3 Å². The fourth-order valence-electron chi connectivity index (χ4n) is 1.40. The fraction of sp³-hybridized carbons (Fsp3) is 0.385. The van der Waals surface area contributed by atoms with Crippen molar-refractivity contribution in [2.45, 2.75) is 5.75 Å². The van der Waals surface area contributed by atoms with E-state index in [1.807, 2.05) is 6.07 Å². The standard InChI is InChI=1S/C13H17NO4S/c1-18-6-5-14-12(15)9-19-8-10-3-2-4-11(7-10)13(16)17/h2-4,7H,5-6,8-9H2,1H3,(H,14,15)(H,16,17). The molecule has 2 N–H and O–H groups in total. The Balaban J connectivity index is 2.31. The normalized spacial score (nSPS) is 10.2. The Kier molecular flexibility index (Phi) is 6.99. The van der Waals surface area contributed by atoms with Gasteiger partial charge in [-0.05, 0) is 17.7 Å². The van der Waals surface area contributed by atoms with Crippen molar-refractivity contribution in [2.75, 3.05) is 26.0 Å². The van der Waals surface area contributed by atoms with Crippen LogP contribution >= 0.6 is 11.8 Å². The predicted molar refractivity (Wildman–Crippen MR) is 74.4 cm³/mol. The van der Waals surface area contributed by atoms with E-state index in [-0.39, 0.29) is 11.5 Å². The highest BCUT2D eigenvalue weighted by atomic mass is 32.2. The van der Waals surface area contributed by atoms with Crippen LogP contribution < -0.4 is 5.32 Å². The highest BCUT2D eigenvalue weighted by Crippen LogP contribution is 2.13. The molecule has 104 valence electrons. The summed E-state index contributed by atoms with van der Waals surface area (Å²) in [5, 5.41) is 11.6. The smallest absolute Gasteiger partial charge is 0.335 e. The van der Waals surface area contributed by atoms with Gasteiger partial charge in [0.15, 0.2) is 0 Å². The third-order valence-electron chi connectivity index (χ3n) is 2.30. The number of rotatable bonds is 8. The molecule has 1 aromatic rings. The van der Waals surface area contributed by atoms with E-state index in [1.165, 1.54) is 11.8 Å². The Bertz CT molecular complexity index is 436. The third-order valence-corrected chi connectivity index (χ3v) is 3.31. The lowest BCUT2D eigenvalue weighted by molar-refractivity contribution is -0.118. The molecule has 0 bridgehead atoms. The number of carboxylic acid groups (broad SMARTS) is 1. The van der Waals surface area contributed by atoms with E-state index in [2.05, 4.69) is 5.32 Å². The molecular weight excluding hydrogens is 266 g/mol. The number of thioether (sulfide) groups is 1. The molecule has 0 saturated carbocycles. The maximum absolute atomic E-state index is 11.4. The predicted octanol–water partition coefficient (Wildman–Crippen LogP) is 1.38. The molecule has 0 saturated heterocycles. The van der Waals surface area contributed by atoms with Crippen molar-refractivity contribution in [1.82, 2.24) is 5.32 Å². The summed E-state index contributed by atoms with van der Waals surface area (Å²) in [4.78, 5) is 22.2. The van der Waals surface area contributed by atoms with Crippen LogP contribution in [-0.4, -0.2) is 43.0 Å². The number of carbonyl (C=O) groups is 2. The average Bonchev–Trinajstić information content (AvgIpc) is 2.39. The zero-order valence-electron chi connectivity index (χ0n) is 10.7. The van der Waals surface area contributed by atoms with Crippen LogP contribution in [0.2, 0.25) is 0 Å². The molecule has 1 amide bonds. The van der Waals surface area contributed by atoms with Crippen molar-refractivity contribution in [3.8, 4) is 0 Å². The van der Waals surface area contributed by atoms with Gasteiger partial charge in [-0.15, -0.1) is 11.8 Å². The SMILES string of the molecule is COCCNC(=O)CSCc1cccc(C(=O)O)c1. The Morgan fingerprint density at radius 1 is 1.42 bits per heavy atom. The van der Waals surface area contributed by atoms with Gasteiger partial charge in [0.1, 0.15) is 0 Å². The second-order valence-corrected chi connectivity index (χ2v) is 4.83. The summed E-state index contributed by atoms with van der Waals surface area (Å²) in [7, 11) is 1.58. The number of amides is 1. The first kappa shape index (κ1) is 15.5. The molecule has 19 heavy (non-hydrogen) atoms. The average molecular weight is 283 g/mol. The van der Waals surface area contributed by atoms with E-state index in [0.717, 1.165) is 5.56 Å². The van der Waals surface area contributed by atoms with Crippen LogP contribution in [0.5, 0.6) is 0 Å². The molecular formula is C13H17NO4S. The topological polar surface area (TPSA) is 75.6 Å². The summed E-state index contributed by atoms with van der Waals surface area (Å²) in [6, 6.07) is 6.73. The van der Waals surface area contributed by atoms with Crippen LogP contribution in [0.15, 0.2) is 24.3 Å². The van der Waals surface area contributed by atoms with Gasteiger partial charge in [0.2, 0.25) is 5.91 Å². The van der Waals surface area contributed by atoms with E-state index in [9.17, 15) is 9.59 Å². The molecule has 0 radical (unpaired) electrons. The van der Waals surface area contributed by atoms with Gasteiger partial charge in [0.05, 0.1) is 17.9 Å². The number of benzene rings is 1. The minimum absolute atomic E-state index is 0.0450. The summed E-state index contributed by atoms with van der Waals surface area (Å²) < 4.78 is 4.82. The van der Waals surface area contributed by atoms with Crippen molar-refractivity contribution in [1.29, 1.82) is 0 Å². The Labute approximate surface area is 116 Å². The van der Waals surface area contributed by atoms with Crippen molar-refractivity contribution in [2.24, 2.45) is 0 Å². The second-order valence-electron chi connectivity index (χ2n) is 3.84. The summed E-state index contributed by atoms with van der Waals surface area (Å²) in [6.45, 7) is 1.00. The van der Waals surface area contributed by atoms with E-state index < -0.39 is 5.97 Å². The third kappa shape index (κ3) is 6.26. The number of carboxylic acids is 1. The van der Waals surface area contributed by atoms with Crippen LogP contribution in [0.3, 0.4) is 0 Å². The highest BCUT2D eigenvalue weighted by molar-refractivity contribution is 7.99. The number of carbonyl (C=O) groups excluding carboxylic acids is 1. The molecule has 0 spiro atoms. The van der Waals surface area contributed by atoms with Crippen molar-refractivity contribution in [3.63, 3.8) is 0 Å². The second kappa shape index (κ2) is 8.55. The molecule has 0 atom stereocenters. The van der Waals surface area contributed by atoms with Gasteiger partial charge in [-0.1, -0.05) is 12.1 Å². The summed E-state index contributed by atoms with van der Waals surface area (Å²) >= 11 is 1.45. The van der Waals surface area contributed by atoms with Crippen LogP contribution in [0.4, 0.5) is 0 Å². The number of methoxy groups -OCH3 is 1. The van der Waals surface area contributed by atoms with Gasteiger partial charge in [-0.2, -0.15) is 0 Å². The van der Waals surface area contributed by atoms with Crippen molar-refractivity contribution < 1.29 is 19.4 Å². The van der Waals surface area contributed by atoms with Crippen LogP contribution in [0.25, 0.3) is 0 Å². The minimum atomic E-state index is -0.941. The molecule has 0 fully saturated rings. The monoisotopic (exact) mass is 283 g/mol. The highest BCUT2D eigenvalue weighted by Gasteiger charge is 2.05. The number of ether oxygens (including phenoxy) is 1. The Hall–Kier alpha value is -1.53. The first-order chi connectivity index (χ1) is 9.13. The largest absolute Gasteiger partial charge is 0.478 e. The van der Waals surface area contributed by atoms with E-state index in [0.29, 0.717) is 24.7 Å². The first-order valence-corrected chi connectivity index (χ1v) is 6.94. The molecule has 0 heterocycles. The van der Waals surface area contributed by atoms with Gasteiger partial charge in [-0.3, -0.25) is 4.79 Å². The Morgan fingerprint density at radius 2 is 2.21 bits per heavy atom. The summed E-state index contributed by atoms with van der Waals surface area (Å²) in [5.74, 6) is -0.0274. The molecule has 0 unspecified atom stereocenters. The lowest BCUT2D eigenvalue weighted by Gasteiger charge is -2.05. The molecule has 1 aromatic carbocycles. The quantitative estimate of drug-likeness (QED) is 0.705. The maximum Gasteiger partial charge on any atom is 0.335 e. The fourth-order valence-corrected chi connectivity index (χ4v) is 2.20. The van der Waals surface area contributed by atoms with Gasteiger partial charge < -0.3 is 15.2 Å². The van der Waals surface area contributed by atoms with Gasteiger partial charge in [-0.25, -0.2) is 4.79 Å². The zero-order valence-corrected chi connectivity index (χ0v) is 11.5. The Morgan fingerprint density at radius 3 is 2.89 bits per heavy atom. The first-order valence-electron chi connectivity index (χ1n) is 5.79. The zero-order chi connectivity index (χ0) is 14.1. The van der Waals surface area contributed by atoms with Gasteiger partial charge >= 0.3 is 5.97 Å². The molecule has 0 aromatic heterocycles. The molecule has 5 nitrogen and oxygen atoms in total. The number of aromatic carboxylic acids is 1. The van der Waals surface area contributed by atoms with Gasteiger partial charge in [0.25, 0.3) is 0 Å². The van der Waals surface area contributed by atoms with E-state index in [4.69, 9.17) is 9.84 Å². The van der Waals surface area contributed by atoms with Crippen LogP contribution in [0, 0.1) is 0 Å². The summed E-state index contributed by atoms with van der Waals surface area (Å²) in [6.07, 6.45) is 0. The van der Waals surface area contributed by atoms with Gasteiger partial charge in [0, 0.05) is 19.4 Å². The van der Waals surface area contributed by atoms with Crippen LogP contribution in [0.1, 0.15) is 15.9 Å². The minimum Gasteiger partial charge on any atom is -0.478 e. The van der Waals surface area contributed by atoms with E-state index >= 15 is 0 Å². The molecule has 6 heteroatoms. The van der Waals surface area contributed by atoms with Crippen molar-refractivity contribution in [3.05, 3.63) is 35.4 Å². The maximum atomic E-state index is 11.4. The lowest BCUT2D eigenvalue weighted by atomic mass is 10.1. The number of hydrogen-bond donors (Lipinski definition) is 2. The lowest BCUT2D eigenvalue weighted by Crippen LogP contribution is -2.28. The number of hydrogen-bond acceptors (Lipinski definition) is 4. The summed E-state index contributed by atoms with van der Waals surface area (Å²) in [5.41, 5.74) is 1.16. The number of nitrogens with one attached hydrogen (secondary N) is 1. The molecule has 0 aliphatic rings.